The SMILES string of the molecule is C=CCN(C(=O)C1N(CCCCO)C(=O)[C@@H]2[C@H](C(=O)N(CC=C)c3ccccc3)[C@@H]3CC(C)C12S3)c1ccc2ccccc2c1. The summed E-state index contributed by atoms with van der Waals surface area (Å²) < 4.78 is -0.745. The predicted molar refractivity (Wildman–Crippen MR) is 182 cm³/mol. The Morgan fingerprint density at radius 2 is 1.60 bits per heavy atom. The van der Waals surface area contributed by atoms with Gasteiger partial charge in [0, 0.05) is 42.9 Å². The van der Waals surface area contributed by atoms with Crippen LogP contribution in [0, 0.1) is 17.8 Å². The van der Waals surface area contributed by atoms with Gasteiger partial charge in [-0.25, -0.2) is 0 Å². The van der Waals surface area contributed by atoms with Gasteiger partial charge in [0.05, 0.1) is 16.6 Å². The zero-order valence-corrected chi connectivity index (χ0v) is 26.6. The first-order chi connectivity index (χ1) is 21.9. The molecule has 3 aromatic carbocycles. The number of benzene rings is 3. The first-order valence-corrected chi connectivity index (χ1v) is 16.7. The van der Waals surface area contributed by atoms with Crippen LogP contribution in [0.3, 0.4) is 0 Å². The van der Waals surface area contributed by atoms with E-state index in [9.17, 15) is 19.5 Å². The van der Waals surface area contributed by atoms with Crippen molar-refractivity contribution in [3.63, 3.8) is 0 Å². The zero-order chi connectivity index (χ0) is 31.7. The molecular weight excluding hydrogens is 582 g/mol. The van der Waals surface area contributed by atoms with Crippen molar-refractivity contribution in [2.45, 2.75) is 42.2 Å². The fourth-order valence-electron chi connectivity index (χ4n) is 7.90. The molecule has 3 aliphatic rings. The van der Waals surface area contributed by atoms with Gasteiger partial charge in [0.2, 0.25) is 11.8 Å². The van der Waals surface area contributed by atoms with Crippen molar-refractivity contribution in [3.05, 3.63) is 98.1 Å². The van der Waals surface area contributed by atoms with Crippen LogP contribution in [0.1, 0.15) is 26.2 Å². The summed E-state index contributed by atoms with van der Waals surface area (Å²) in [5, 5.41) is 11.6. The number of rotatable bonds is 12. The van der Waals surface area contributed by atoms with Gasteiger partial charge in [0.15, 0.2) is 0 Å². The number of unbranched alkanes of at least 4 members (excludes halogenated alkanes) is 1. The summed E-state index contributed by atoms with van der Waals surface area (Å²) in [5.41, 5.74) is 1.52. The van der Waals surface area contributed by atoms with E-state index >= 15 is 0 Å². The van der Waals surface area contributed by atoms with Gasteiger partial charge in [-0.3, -0.25) is 14.4 Å². The van der Waals surface area contributed by atoms with Gasteiger partial charge < -0.3 is 19.8 Å². The highest BCUT2D eigenvalue weighted by Gasteiger charge is 2.76. The summed E-state index contributed by atoms with van der Waals surface area (Å²) in [6.45, 7) is 11.0. The number of para-hydroxylation sites is 1. The first-order valence-electron chi connectivity index (χ1n) is 15.8. The molecule has 7 nitrogen and oxygen atoms in total. The molecule has 0 aromatic heterocycles. The van der Waals surface area contributed by atoms with Crippen molar-refractivity contribution in [3.8, 4) is 0 Å². The van der Waals surface area contributed by atoms with E-state index in [0.29, 0.717) is 32.5 Å². The van der Waals surface area contributed by atoms with Gasteiger partial charge in [-0.1, -0.05) is 67.6 Å². The Hall–Kier alpha value is -3.88. The van der Waals surface area contributed by atoms with Crippen LogP contribution < -0.4 is 9.80 Å². The number of hydrogen-bond acceptors (Lipinski definition) is 5. The van der Waals surface area contributed by atoms with E-state index in [-0.39, 0.29) is 35.5 Å². The molecule has 3 fully saturated rings. The average Bonchev–Trinajstić information content (AvgIpc) is 3.65. The van der Waals surface area contributed by atoms with Crippen molar-refractivity contribution in [1.82, 2.24) is 4.90 Å². The third-order valence-corrected chi connectivity index (χ3v) is 11.9. The summed E-state index contributed by atoms with van der Waals surface area (Å²) in [6.07, 6.45) is 5.28. The number of thioether (sulfide) groups is 1. The van der Waals surface area contributed by atoms with E-state index in [4.69, 9.17) is 0 Å². The monoisotopic (exact) mass is 623 g/mol. The number of carbonyl (C=O) groups excluding carboxylic acids is 3. The lowest BCUT2D eigenvalue weighted by atomic mass is 9.65. The maximum absolute atomic E-state index is 15.0. The Labute approximate surface area is 269 Å². The van der Waals surface area contributed by atoms with E-state index in [1.807, 2.05) is 72.8 Å². The van der Waals surface area contributed by atoms with Crippen LogP contribution in [0.15, 0.2) is 98.1 Å². The van der Waals surface area contributed by atoms with Gasteiger partial charge in [0.25, 0.3) is 5.91 Å². The summed E-state index contributed by atoms with van der Waals surface area (Å²) in [6, 6.07) is 22.8. The van der Waals surface area contributed by atoms with Crippen molar-refractivity contribution in [2.24, 2.45) is 17.8 Å². The molecule has 3 amide bonds. The minimum atomic E-state index is -0.745. The van der Waals surface area contributed by atoms with E-state index < -0.39 is 22.6 Å². The lowest BCUT2D eigenvalue weighted by Gasteiger charge is -2.41. The third kappa shape index (κ3) is 5.18. The second-order valence-electron chi connectivity index (χ2n) is 12.4. The van der Waals surface area contributed by atoms with Crippen LogP contribution >= 0.6 is 11.8 Å². The van der Waals surface area contributed by atoms with Crippen LogP contribution in [0.4, 0.5) is 11.4 Å². The summed E-state index contributed by atoms with van der Waals surface area (Å²) in [7, 11) is 0. The Balaban J connectivity index is 1.42. The van der Waals surface area contributed by atoms with Crippen LogP contribution in [-0.4, -0.2) is 70.0 Å². The summed E-state index contributed by atoms with van der Waals surface area (Å²) in [5.74, 6) is -1.49. The minimum absolute atomic E-state index is 0.0107. The minimum Gasteiger partial charge on any atom is -0.396 e. The molecule has 3 heterocycles. The van der Waals surface area contributed by atoms with Crippen LogP contribution in [-0.2, 0) is 14.4 Å². The van der Waals surface area contributed by atoms with Crippen LogP contribution in [0.5, 0.6) is 0 Å². The fourth-order valence-corrected chi connectivity index (χ4v) is 10.3. The van der Waals surface area contributed by atoms with Crippen LogP contribution in [0.2, 0.25) is 0 Å². The molecule has 45 heavy (non-hydrogen) atoms. The fraction of sp³-hybridized carbons (Fsp3) is 0.378. The second kappa shape index (κ2) is 12.9. The Bertz CT molecular complexity index is 1610. The van der Waals surface area contributed by atoms with E-state index in [1.54, 1.807) is 38.6 Å². The predicted octanol–water partition coefficient (Wildman–Crippen LogP) is 5.69. The molecule has 1 spiro atoms. The normalized spacial score (nSPS) is 26.6. The molecular formula is C37H41N3O4S. The lowest BCUT2D eigenvalue weighted by Crippen LogP contribution is -2.57. The van der Waals surface area contributed by atoms with Gasteiger partial charge in [-0.05, 0) is 60.2 Å². The third-order valence-electron chi connectivity index (χ3n) is 9.84. The van der Waals surface area contributed by atoms with Gasteiger partial charge in [-0.15, -0.1) is 24.9 Å². The molecule has 0 saturated carbocycles. The Morgan fingerprint density at radius 1 is 0.933 bits per heavy atom. The second-order valence-corrected chi connectivity index (χ2v) is 13.9. The summed E-state index contributed by atoms with van der Waals surface area (Å²) >= 11 is 1.68. The topological polar surface area (TPSA) is 81.2 Å². The van der Waals surface area contributed by atoms with E-state index in [1.165, 1.54) is 0 Å². The Kier molecular flexibility index (Phi) is 8.89. The largest absolute Gasteiger partial charge is 0.396 e. The Morgan fingerprint density at radius 3 is 2.29 bits per heavy atom. The number of hydrogen-bond donors (Lipinski definition) is 1. The number of amides is 3. The first kappa shape index (κ1) is 31.1. The molecule has 3 unspecified atom stereocenters. The molecule has 0 aliphatic carbocycles. The summed E-state index contributed by atoms with van der Waals surface area (Å²) in [4.78, 5) is 49.3. The molecule has 6 rings (SSSR count). The number of carbonyl (C=O) groups is 3. The molecule has 3 saturated heterocycles. The van der Waals surface area contributed by atoms with Crippen LogP contribution in [0.25, 0.3) is 10.8 Å². The smallest absolute Gasteiger partial charge is 0.251 e. The van der Waals surface area contributed by atoms with E-state index in [2.05, 4.69) is 20.1 Å². The average molecular weight is 624 g/mol. The van der Waals surface area contributed by atoms with Gasteiger partial charge in [-0.2, -0.15) is 0 Å². The number of aliphatic hydroxyl groups excluding tert-OH is 1. The highest BCUT2D eigenvalue weighted by molar-refractivity contribution is 8.02. The molecule has 234 valence electrons. The lowest BCUT2D eigenvalue weighted by molar-refractivity contribution is -0.139. The molecule has 8 heteroatoms. The van der Waals surface area contributed by atoms with Crippen molar-refractivity contribution in [2.75, 3.05) is 36.0 Å². The standard InChI is InChI=1S/C37H41N3O4S/c1-4-19-38(28-15-7-6-8-16-28)34(42)31-30-23-25(3)37(45-30)32(31)35(43)40(21-11-12-22-41)33(37)36(44)39(20-5-2)29-18-17-26-13-9-10-14-27(26)24-29/h4-10,13-18,24-25,30-33,41H,1-2,11-12,19-23H2,3H3/t25?,30-,31+,32-,33?,37?/m0/s1. The molecule has 1 N–H and O–H groups in total. The quantitative estimate of drug-likeness (QED) is 0.207. The van der Waals surface area contributed by atoms with Crippen molar-refractivity contribution in [1.29, 1.82) is 0 Å². The molecule has 3 aromatic rings. The zero-order valence-electron chi connectivity index (χ0n) is 25.8. The molecule has 6 atom stereocenters. The molecule has 2 bridgehead atoms. The van der Waals surface area contributed by atoms with E-state index in [0.717, 1.165) is 28.6 Å². The maximum Gasteiger partial charge on any atom is 0.251 e. The highest BCUT2D eigenvalue weighted by Crippen LogP contribution is 2.69. The van der Waals surface area contributed by atoms with Gasteiger partial charge in [0.1, 0.15) is 6.04 Å². The number of anilines is 2. The number of likely N-dealkylation sites (tertiary alicyclic amines) is 1. The number of aliphatic hydroxyl groups is 1. The highest BCUT2D eigenvalue weighted by atomic mass is 32.2. The number of fused-ring (bicyclic) bond motifs is 2. The van der Waals surface area contributed by atoms with Gasteiger partial charge >= 0.3 is 0 Å². The van der Waals surface area contributed by atoms with Crippen molar-refractivity contribution >= 4 is 51.6 Å². The maximum atomic E-state index is 15.0. The molecule has 0 radical (unpaired) electrons. The van der Waals surface area contributed by atoms with Crippen molar-refractivity contribution < 1.29 is 19.5 Å². The molecule has 3 aliphatic heterocycles. The number of nitrogens with zero attached hydrogens (tertiary/aromatic N) is 3.